The van der Waals surface area contributed by atoms with Crippen molar-refractivity contribution in [3.05, 3.63) is 60.2 Å². The lowest BCUT2D eigenvalue weighted by Gasteiger charge is -2.46. The number of hydrogen-bond donors (Lipinski definition) is 1. The van der Waals surface area contributed by atoms with Crippen LogP contribution in [-0.2, 0) is 6.42 Å². The van der Waals surface area contributed by atoms with Gasteiger partial charge in [0.25, 0.3) is 0 Å². The average Bonchev–Trinajstić information content (AvgIpc) is 2.62. The van der Waals surface area contributed by atoms with Crippen molar-refractivity contribution >= 4 is 11.4 Å². The summed E-state index contributed by atoms with van der Waals surface area (Å²) in [5.74, 6) is 0. The quantitative estimate of drug-likeness (QED) is 0.629. The van der Waals surface area contributed by atoms with Gasteiger partial charge in [-0.2, -0.15) is 0 Å². The molecule has 0 fully saturated rings. The van der Waals surface area contributed by atoms with Crippen molar-refractivity contribution in [2.24, 2.45) is 0 Å². The first-order valence-corrected chi connectivity index (χ1v) is 8.89. The van der Waals surface area contributed by atoms with Gasteiger partial charge in [-0.15, -0.1) is 0 Å². The number of hydrogen-bond acceptors (Lipinski definition) is 2. The predicted molar refractivity (Wildman–Crippen MR) is 102 cm³/mol. The zero-order valence-corrected chi connectivity index (χ0v) is 15.0. The number of benzene rings is 2. The number of para-hydroxylation sites is 2. The molecule has 2 aromatic carbocycles. The van der Waals surface area contributed by atoms with Gasteiger partial charge in [-0.05, 0) is 49.9 Å². The molecule has 0 heterocycles. The molecule has 0 saturated heterocycles. The Morgan fingerprint density at radius 2 is 1.43 bits per heavy atom. The Kier molecular flexibility index (Phi) is 6.09. The van der Waals surface area contributed by atoms with Crippen LogP contribution in [0.3, 0.4) is 0 Å². The van der Waals surface area contributed by atoms with Crippen LogP contribution in [0.1, 0.15) is 46.1 Å². The molecule has 0 bridgehead atoms. The molecule has 0 aliphatic rings. The standard InChI is InChI=1S/C21H30N2/c1-5-18-14-12-13-17-20(18)23(8-4)21(6-2,7-3)22-19-15-10-9-11-16-19/h9-17,22H,5-8H2,1-4H3. The van der Waals surface area contributed by atoms with Gasteiger partial charge in [-0.3, -0.25) is 0 Å². The van der Waals surface area contributed by atoms with Gasteiger partial charge >= 0.3 is 0 Å². The third-order valence-corrected chi connectivity index (χ3v) is 4.82. The lowest BCUT2D eigenvalue weighted by Crippen LogP contribution is -2.54. The summed E-state index contributed by atoms with van der Waals surface area (Å²) in [6, 6.07) is 19.3. The first-order valence-electron chi connectivity index (χ1n) is 8.89. The van der Waals surface area contributed by atoms with Crippen LogP contribution in [0, 0.1) is 0 Å². The molecule has 0 atom stereocenters. The van der Waals surface area contributed by atoms with E-state index in [-0.39, 0.29) is 5.66 Å². The average molecular weight is 310 g/mol. The fraction of sp³-hybridized carbons (Fsp3) is 0.429. The summed E-state index contributed by atoms with van der Waals surface area (Å²) in [6.45, 7) is 10.0. The monoisotopic (exact) mass is 310 g/mol. The van der Waals surface area contributed by atoms with Crippen LogP contribution in [0.15, 0.2) is 54.6 Å². The van der Waals surface area contributed by atoms with Gasteiger partial charge in [-0.1, -0.05) is 57.2 Å². The van der Waals surface area contributed by atoms with Crippen molar-refractivity contribution in [3.8, 4) is 0 Å². The molecule has 0 unspecified atom stereocenters. The number of nitrogens with one attached hydrogen (secondary N) is 1. The van der Waals surface area contributed by atoms with Crippen molar-refractivity contribution in [2.75, 3.05) is 16.8 Å². The van der Waals surface area contributed by atoms with Crippen LogP contribution < -0.4 is 10.2 Å². The molecule has 0 aliphatic heterocycles. The highest BCUT2D eigenvalue weighted by Gasteiger charge is 2.33. The second-order valence-electron chi connectivity index (χ2n) is 5.96. The minimum Gasteiger partial charge on any atom is -0.363 e. The maximum atomic E-state index is 3.82. The van der Waals surface area contributed by atoms with Crippen molar-refractivity contribution in [1.29, 1.82) is 0 Å². The zero-order valence-electron chi connectivity index (χ0n) is 15.0. The molecule has 1 N–H and O–H groups in total. The van der Waals surface area contributed by atoms with E-state index in [0.29, 0.717) is 0 Å². The topological polar surface area (TPSA) is 15.3 Å². The van der Waals surface area contributed by atoms with Gasteiger partial charge in [0.2, 0.25) is 0 Å². The molecule has 23 heavy (non-hydrogen) atoms. The van der Waals surface area contributed by atoms with E-state index in [1.54, 1.807) is 0 Å². The van der Waals surface area contributed by atoms with E-state index in [0.717, 1.165) is 25.8 Å². The summed E-state index contributed by atoms with van der Waals surface area (Å²) in [7, 11) is 0. The normalized spacial score (nSPS) is 11.3. The van der Waals surface area contributed by atoms with Gasteiger partial charge in [0.1, 0.15) is 5.66 Å². The molecule has 2 heteroatoms. The molecule has 124 valence electrons. The Labute approximate surface area is 141 Å². The maximum absolute atomic E-state index is 3.82. The third kappa shape index (κ3) is 3.69. The van der Waals surface area contributed by atoms with Crippen molar-refractivity contribution in [2.45, 2.75) is 52.6 Å². The molecule has 0 aliphatic carbocycles. The summed E-state index contributed by atoms with van der Waals surface area (Å²) >= 11 is 0. The summed E-state index contributed by atoms with van der Waals surface area (Å²) in [5.41, 5.74) is 3.88. The van der Waals surface area contributed by atoms with E-state index in [2.05, 4.69) is 92.5 Å². The maximum Gasteiger partial charge on any atom is 0.110 e. The molecular weight excluding hydrogens is 280 g/mol. The lowest BCUT2D eigenvalue weighted by atomic mass is 9.97. The summed E-state index contributed by atoms with van der Waals surface area (Å²) in [4.78, 5) is 2.54. The van der Waals surface area contributed by atoms with Crippen LogP contribution in [-0.4, -0.2) is 12.2 Å². The Bertz CT molecular complexity index is 588. The second-order valence-corrected chi connectivity index (χ2v) is 5.96. The fourth-order valence-corrected chi connectivity index (χ4v) is 3.44. The first-order chi connectivity index (χ1) is 11.2. The van der Waals surface area contributed by atoms with Gasteiger partial charge < -0.3 is 10.2 Å². The van der Waals surface area contributed by atoms with Gasteiger partial charge in [0, 0.05) is 17.9 Å². The Morgan fingerprint density at radius 3 is 2.00 bits per heavy atom. The fourth-order valence-electron chi connectivity index (χ4n) is 3.44. The lowest BCUT2D eigenvalue weighted by molar-refractivity contribution is 0.411. The number of aryl methyl sites for hydroxylation is 1. The van der Waals surface area contributed by atoms with Crippen molar-refractivity contribution in [1.82, 2.24) is 0 Å². The van der Waals surface area contributed by atoms with Crippen molar-refractivity contribution in [3.63, 3.8) is 0 Å². The van der Waals surface area contributed by atoms with Crippen LogP contribution in [0.5, 0.6) is 0 Å². The summed E-state index contributed by atoms with van der Waals surface area (Å²) < 4.78 is 0. The van der Waals surface area contributed by atoms with E-state index in [9.17, 15) is 0 Å². The minimum absolute atomic E-state index is 0.0681. The molecule has 2 nitrogen and oxygen atoms in total. The van der Waals surface area contributed by atoms with Crippen LogP contribution in [0.2, 0.25) is 0 Å². The van der Waals surface area contributed by atoms with Crippen molar-refractivity contribution < 1.29 is 0 Å². The Balaban J connectivity index is 2.44. The Hall–Kier alpha value is -1.96. The predicted octanol–water partition coefficient (Wildman–Crippen LogP) is 5.70. The highest BCUT2D eigenvalue weighted by Crippen LogP contribution is 2.33. The number of rotatable bonds is 8. The van der Waals surface area contributed by atoms with Gasteiger partial charge in [0.15, 0.2) is 0 Å². The summed E-state index contributed by atoms with van der Waals surface area (Å²) in [5, 5.41) is 3.82. The van der Waals surface area contributed by atoms with Gasteiger partial charge in [0.05, 0.1) is 0 Å². The summed E-state index contributed by atoms with van der Waals surface area (Å²) in [6.07, 6.45) is 3.15. The molecule has 2 aromatic rings. The van der Waals surface area contributed by atoms with E-state index in [1.807, 2.05) is 0 Å². The highest BCUT2D eigenvalue weighted by molar-refractivity contribution is 5.58. The molecule has 0 aromatic heterocycles. The largest absolute Gasteiger partial charge is 0.363 e. The number of anilines is 2. The minimum atomic E-state index is -0.0681. The zero-order chi connectivity index (χ0) is 16.7. The van der Waals surface area contributed by atoms with Crippen LogP contribution in [0.25, 0.3) is 0 Å². The molecule has 0 amide bonds. The third-order valence-electron chi connectivity index (χ3n) is 4.82. The molecular formula is C21H30N2. The molecule has 0 spiro atoms. The van der Waals surface area contributed by atoms with E-state index in [4.69, 9.17) is 0 Å². The van der Waals surface area contributed by atoms with E-state index < -0.39 is 0 Å². The van der Waals surface area contributed by atoms with Crippen LogP contribution in [0.4, 0.5) is 11.4 Å². The van der Waals surface area contributed by atoms with Gasteiger partial charge in [-0.25, -0.2) is 0 Å². The molecule has 2 rings (SSSR count). The Morgan fingerprint density at radius 1 is 0.826 bits per heavy atom. The smallest absolute Gasteiger partial charge is 0.110 e. The van der Waals surface area contributed by atoms with Crippen LogP contribution >= 0.6 is 0 Å². The van der Waals surface area contributed by atoms with E-state index in [1.165, 1.54) is 16.9 Å². The molecule has 0 saturated carbocycles. The molecule has 0 radical (unpaired) electrons. The second kappa shape index (κ2) is 8.05. The number of nitrogens with zero attached hydrogens (tertiary/aromatic N) is 1. The SMILES string of the molecule is CCc1ccccc1N(CC)C(CC)(CC)Nc1ccccc1. The first kappa shape index (κ1) is 17.4. The van der Waals surface area contributed by atoms with E-state index >= 15 is 0 Å². The highest BCUT2D eigenvalue weighted by atomic mass is 15.3.